The van der Waals surface area contributed by atoms with E-state index in [1.807, 2.05) is 11.4 Å². The zero-order valence-corrected chi connectivity index (χ0v) is 10.4. The molecule has 0 unspecified atom stereocenters. The van der Waals surface area contributed by atoms with Gasteiger partial charge in [-0.25, -0.2) is 9.78 Å². The third-order valence-corrected chi connectivity index (χ3v) is 3.25. The second-order valence-corrected chi connectivity index (χ2v) is 4.68. The first-order chi connectivity index (χ1) is 8.65. The van der Waals surface area contributed by atoms with E-state index in [0.717, 1.165) is 10.6 Å². The fourth-order valence-electron chi connectivity index (χ4n) is 1.61. The van der Waals surface area contributed by atoms with Crippen LogP contribution in [0.5, 0.6) is 5.75 Å². The van der Waals surface area contributed by atoms with E-state index in [4.69, 9.17) is 16.2 Å². The first-order valence-electron chi connectivity index (χ1n) is 5.36. The largest absolute Gasteiger partial charge is 0.410 e. The van der Waals surface area contributed by atoms with Crippen molar-refractivity contribution in [2.45, 2.75) is 12.5 Å². The second kappa shape index (κ2) is 5.61. The summed E-state index contributed by atoms with van der Waals surface area (Å²) in [5, 5.41) is 2.78. The molecule has 2 aromatic rings. The highest BCUT2D eigenvalue weighted by atomic mass is 32.1. The maximum absolute atomic E-state index is 10.7. The highest BCUT2D eigenvalue weighted by Crippen LogP contribution is 2.20. The van der Waals surface area contributed by atoms with Crippen LogP contribution >= 0.6 is 11.3 Å². The van der Waals surface area contributed by atoms with E-state index < -0.39 is 6.09 Å². The molecule has 0 aliphatic rings. The summed E-state index contributed by atoms with van der Waals surface area (Å²) >= 11 is 1.52. The van der Waals surface area contributed by atoms with Gasteiger partial charge in [0.2, 0.25) is 0 Å². The SMILES string of the molecule is NC(=O)Oc1cccc(C[C@H](N)c2nccs2)c1. The normalized spacial score (nSPS) is 12.1. The van der Waals surface area contributed by atoms with Crippen molar-refractivity contribution < 1.29 is 9.53 Å². The lowest BCUT2D eigenvalue weighted by Gasteiger charge is -2.09. The molecular weight excluding hydrogens is 250 g/mol. The minimum absolute atomic E-state index is 0.158. The van der Waals surface area contributed by atoms with E-state index in [1.54, 1.807) is 24.4 Å². The molecule has 2 rings (SSSR count). The number of benzene rings is 1. The number of nitrogens with zero attached hydrogens (tertiary/aromatic N) is 1. The van der Waals surface area contributed by atoms with Gasteiger partial charge in [-0.1, -0.05) is 12.1 Å². The summed E-state index contributed by atoms with van der Waals surface area (Å²) < 4.78 is 4.81. The lowest BCUT2D eigenvalue weighted by atomic mass is 10.1. The van der Waals surface area contributed by atoms with Gasteiger partial charge in [-0.3, -0.25) is 0 Å². The quantitative estimate of drug-likeness (QED) is 0.880. The Morgan fingerprint density at radius 1 is 1.50 bits per heavy atom. The number of carbonyl (C=O) groups excluding carboxylic acids is 1. The Kier molecular flexibility index (Phi) is 3.91. The van der Waals surface area contributed by atoms with Crippen LogP contribution < -0.4 is 16.2 Å². The highest BCUT2D eigenvalue weighted by Gasteiger charge is 2.10. The fourth-order valence-corrected chi connectivity index (χ4v) is 2.25. The van der Waals surface area contributed by atoms with Crippen molar-refractivity contribution >= 4 is 17.4 Å². The van der Waals surface area contributed by atoms with Gasteiger partial charge in [0.25, 0.3) is 0 Å². The summed E-state index contributed by atoms with van der Waals surface area (Å²) in [5.41, 5.74) is 12.0. The van der Waals surface area contributed by atoms with Crippen molar-refractivity contribution in [2.24, 2.45) is 11.5 Å². The molecule has 4 N–H and O–H groups in total. The number of hydrogen-bond donors (Lipinski definition) is 2. The van der Waals surface area contributed by atoms with Crippen molar-refractivity contribution in [1.29, 1.82) is 0 Å². The van der Waals surface area contributed by atoms with Crippen LogP contribution in [-0.2, 0) is 6.42 Å². The lowest BCUT2D eigenvalue weighted by Crippen LogP contribution is -2.16. The van der Waals surface area contributed by atoms with Gasteiger partial charge in [0.1, 0.15) is 10.8 Å². The van der Waals surface area contributed by atoms with Crippen LogP contribution in [0.1, 0.15) is 16.6 Å². The molecule has 5 nitrogen and oxygen atoms in total. The third kappa shape index (κ3) is 3.28. The predicted octanol–water partition coefficient (Wildman–Crippen LogP) is 1.84. The van der Waals surface area contributed by atoms with Gasteiger partial charge in [-0.2, -0.15) is 0 Å². The highest BCUT2D eigenvalue weighted by molar-refractivity contribution is 7.09. The fraction of sp³-hybridized carbons (Fsp3) is 0.167. The summed E-state index contributed by atoms with van der Waals surface area (Å²) in [6.07, 6.45) is 1.53. The monoisotopic (exact) mass is 263 g/mol. The van der Waals surface area contributed by atoms with E-state index in [0.29, 0.717) is 12.2 Å². The first-order valence-corrected chi connectivity index (χ1v) is 6.24. The minimum atomic E-state index is -0.823. The molecule has 0 fully saturated rings. The Bertz CT molecular complexity index is 528. The molecule has 1 aromatic carbocycles. The molecule has 0 spiro atoms. The number of amides is 1. The molecule has 0 radical (unpaired) electrons. The average Bonchev–Trinajstić information content (AvgIpc) is 2.81. The first kappa shape index (κ1) is 12.5. The maximum atomic E-state index is 10.7. The van der Waals surface area contributed by atoms with Crippen LogP contribution in [0, 0.1) is 0 Å². The van der Waals surface area contributed by atoms with Gasteiger partial charge < -0.3 is 16.2 Å². The standard InChI is InChI=1S/C12H13N3O2S/c13-10(11-15-4-5-18-11)7-8-2-1-3-9(6-8)17-12(14)16/h1-6,10H,7,13H2,(H2,14,16)/t10-/m0/s1. The molecule has 0 aliphatic carbocycles. The number of carbonyl (C=O) groups is 1. The maximum Gasteiger partial charge on any atom is 0.409 e. The number of aromatic nitrogens is 1. The number of ether oxygens (including phenoxy) is 1. The summed E-state index contributed by atoms with van der Waals surface area (Å²) in [6.45, 7) is 0. The topological polar surface area (TPSA) is 91.2 Å². The smallest absolute Gasteiger partial charge is 0.409 e. The molecule has 0 aliphatic heterocycles. The summed E-state index contributed by atoms with van der Waals surface area (Å²) in [5.74, 6) is 0.423. The van der Waals surface area contributed by atoms with Crippen molar-refractivity contribution in [2.75, 3.05) is 0 Å². The Morgan fingerprint density at radius 3 is 3.00 bits per heavy atom. The predicted molar refractivity (Wildman–Crippen MR) is 69.4 cm³/mol. The molecule has 0 bridgehead atoms. The number of thiazole rings is 1. The van der Waals surface area contributed by atoms with Crippen LogP contribution in [0.15, 0.2) is 35.8 Å². The third-order valence-electron chi connectivity index (χ3n) is 2.34. The molecule has 18 heavy (non-hydrogen) atoms. The van der Waals surface area contributed by atoms with Gasteiger partial charge in [0.05, 0.1) is 6.04 Å². The number of hydrogen-bond acceptors (Lipinski definition) is 5. The lowest BCUT2D eigenvalue weighted by molar-refractivity contribution is 0.211. The van der Waals surface area contributed by atoms with Crippen LogP contribution in [0.25, 0.3) is 0 Å². The molecule has 1 atom stereocenters. The van der Waals surface area contributed by atoms with Crippen LogP contribution in [0.4, 0.5) is 4.79 Å². The van der Waals surface area contributed by atoms with Gasteiger partial charge in [-0.15, -0.1) is 11.3 Å². The van der Waals surface area contributed by atoms with Crippen LogP contribution in [-0.4, -0.2) is 11.1 Å². The molecule has 1 amide bonds. The van der Waals surface area contributed by atoms with Crippen LogP contribution in [0.3, 0.4) is 0 Å². The molecule has 1 heterocycles. The van der Waals surface area contributed by atoms with E-state index in [-0.39, 0.29) is 6.04 Å². The molecular formula is C12H13N3O2S. The van der Waals surface area contributed by atoms with Crippen LogP contribution in [0.2, 0.25) is 0 Å². The van der Waals surface area contributed by atoms with Gasteiger partial charge in [-0.05, 0) is 24.1 Å². The molecule has 1 aromatic heterocycles. The Hall–Kier alpha value is -1.92. The summed E-state index contributed by atoms with van der Waals surface area (Å²) in [6, 6.07) is 6.97. The van der Waals surface area contributed by atoms with E-state index >= 15 is 0 Å². The molecule has 0 saturated carbocycles. The minimum Gasteiger partial charge on any atom is -0.410 e. The number of primary amides is 1. The van der Waals surface area contributed by atoms with Gasteiger partial charge in [0.15, 0.2) is 0 Å². The number of rotatable bonds is 4. The zero-order valence-electron chi connectivity index (χ0n) is 9.58. The van der Waals surface area contributed by atoms with E-state index in [2.05, 4.69) is 4.98 Å². The molecule has 6 heteroatoms. The van der Waals surface area contributed by atoms with Gasteiger partial charge >= 0.3 is 6.09 Å². The van der Waals surface area contributed by atoms with E-state index in [1.165, 1.54) is 11.3 Å². The van der Waals surface area contributed by atoms with Crippen molar-refractivity contribution in [3.05, 3.63) is 46.4 Å². The average molecular weight is 263 g/mol. The Balaban J connectivity index is 2.07. The summed E-state index contributed by atoms with van der Waals surface area (Å²) in [4.78, 5) is 14.8. The molecule has 0 saturated heterocycles. The van der Waals surface area contributed by atoms with Crippen molar-refractivity contribution in [3.63, 3.8) is 0 Å². The van der Waals surface area contributed by atoms with Gasteiger partial charge in [0, 0.05) is 11.6 Å². The number of nitrogens with two attached hydrogens (primary N) is 2. The van der Waals surface area contributed by atoms with Crippen molar-refractivity contribution in [3.8, 4) is 5.75 Å². The summed E-state index contributed by atoms with van der Waals surface area (Å²) in [7, 11) is 0. The zero-order chi connectivity index (χ0) is 13.0. The molecule has 94 valence electrons. The second-order valence-electron chi connectivity index (χ2n) is 3.75. The Labute approximate surface area is 108 Å². The van der Waals surface area contributed by atoms with E-state index in [9.17, 15) is 4.79 Å². The van der Waals surface area contributed by atoms with Crippen molar-refractivity contribution in [1.82, 2.24) is 4.98 Å². The Morgan fingerprint density at radius 2 is 2.33 bits per heavy atom.